The Morgan fingerprint density at radius 2 is 1.95 bits per heavy atom. The summed E-state index contributed by atoms with van der Waals surface area (Å²) in [6.45, 7) is 4.49. The molecule has 3 N–H and O–H groups in total. The maximum Gasteiger partial charge on any atom is 0.337 e. The zero-order chi connectivity index (χ0) is 14.8. The van der Waals surface area contributed by atoms with Gasteiger partial charge in [0, 0.05) is 35.5 Å². The summed E-state index contributed by atoms with van der Waals surface area (Å²) in [4.78, 5) is 15.4. The van der Waals surface area contributed by atoms with Gasteiger partial charge in [-0.25, -0.2) is 9.78 Å². The molecule has 106 valence electrons. The molecule has 2 rings (SSSR count). The zero-order valence-electron chi connectivity index (χ0n) is 11.6. The second kappa shape index (κ2) is 5.46. The summed E-state index contributed by atoms with van der Waals surface area (Å²) in [6, 6.07) is 7.25. The van der Waals surface area contributed by atoms with Gasteiger partial charge in [0.25, 0.3) is 0 Å². The largest absolute Gasteiger partial charge is 0.478 e. The molecule has 0 amide bonds. The minimum Gasteiger partial charge on any atom is -0.478 e. The highest BCUT2D eigenvalue weighted by Crippen LogP contribution is 2.25. The molecule has 0 atom stereocenters. The van der Waals surface area contributed by atoms with Gasteiger partial charge in [-0.3, -0.25) is 0 Å². The molecule has 0 fully saturated rings. The molecule has 20 heavy (non-hydrogen) atoms. The van der Waals surface area contributed by atoms with Crippen LogP contribution in [0, 0.1) is 5.41 Å². The average molecular weight is 274 g/mol. The summed E-state index contributed by atoms with van der Waals surface area (Å²) < 4.78 is 0. The Bertz CT molecular complexity index is 638. The second-order valence-electron chi connectivity index (χ2n) is 5.55. The molecular formula is C15H18N2O3. The number of nitrogens with zero attached hydrogens (tertiary/aromatic N) is 1. The van der Waals surface area contributed by atoms with E-state index in [0.717, 1.165) is 5.39 Å². The SMILES string of the molecule is CC(C)(CO)CNc1ncc(C(=O)O)c2ccccc12. The summed E-state index contributed by atoms with van der Waals surface area (Å²) in [5.41, 5.74) is -0.0820. The van der Waals surface area contributed by atoms with Gasteiger partial charge in [-0.1, -0.05) is 38.1 Å². The fraction of sp³-hybridized carbons (Fsp3) is 0.333. The molecule has 0 saturated carbocycles. The number of pyridine rings is 1. The topological polar surface area (TPSA) is 82.5 Å². The number of aromatic nitrogens is 1. The first kappa shape index (κ1) is 14.3. The van der Waals surface area contributed by atoms with Gasteiger partial charge in [-0.05, 0) is 0 Å². The van der Waals surface area contributed by atoms with Crippen molar-refractivity contribution in [3.63, 3.8) is 0 Å². The highest BCUT2D eigenvalue weighted by molar-refractivity contribution is 6.06. The van der Waals surface area contributed by atoms with E-state index in [1.54, 1.807) is 12.1 Å². The number of benzene rings is 1. The van der Waals surface area contributed by atoms with Gasteiger partial charge in [-0.2, -0.15) is 0 Å². The van der Waals surface area contributed by atoms with E-state index in [-0.39, 0.29) is 17.6 Å². The van der Waals surface area contributed by atoms with Crippen LogP contribution in [0.1, 0.15) is 24.2 Å². The molecule has 5 heteroatoms. The normalized spacial score (nSPS) is 11.6. The van der Waals surface area contributed by atoms with Crippen LogP contribution < -0.4 is 5.32 Å². The number of hydrogen-bond acceptors (Lipinski definition) is 4. The van der Waals surface area contributed by atoms with Crippen LogP contribution in [0.2, 0.25) is 0 Å². The number of carboxylic acid groups (broad SMARTS) is 1. The van der Waals surface area contributed by atoms with Gasteiger partial charge in [-0.15, -0.1) is 0 Å². The third kappa shape index (κ3) is 2.88. The van der Waals surface area contributed by atoms with Gasteiger partial charge in [0.1, 0.15) is 5.82 Å². The van der Waals surface area contributed by atoms with E-state index in [9.17, 15) is 15.0 Å². The van der Waals surface area contributed by atoms with Gasteiger partial charge >= 0.3 is 5.97 Å². The average Bonchev–Trinajstić information content (AvgIpc) is 2.44. The molecule has 0 aliphatic heterocycles. The van der Waals surface area contributed by atoms with Crippen LogP contribution in [0.5, 0.6) is 0 Å². The first-order valence-corrected chi connectivity index (χ1v) is 6.40. The van der Waals surface area contributed by atoms with Crippen LogP contribution >= 0.6 is 0 Å². The Morgan fingerprint density at radius 3 is 2.55 bits per heavy atom. The van der Waals surface area contributed by atoms with Crippen LogP contribution in [0.3, 0.4) is 0 Å². The molecule has 0 radical (unpaired) electrons. The fourth-order valence-corrected chi connectivity index (χ4v) is 1.88. The maximum atomic E-state index is 11.2. The van der Waals surface area contributed by atoms with Crippen LogP contribution in [0.25, 0.3) is 10.8 Å². The van der Waals surface area contributed by atoms with Crippen molar-refractivity contribution in [3.05, 3.63) is 36.0 Å². The standard InChI is InChI=1S/C15H18N2O3/c1-15(2,9-18)8-17-13-11-6-4-3-5-10(11)12(7-16-13)14(19)20/h3-7,18H,8-9H2,1-2H3,(H,16,17)(H,19,20). The van der Waals surface area contributed by atoms with Crippen molar-refractivity contribution in [2.45, 2.75) is 13.8 Å². The van der Waals surface area contributed by atoms with Crippen molar-refractivity contribution < 1.29 is 15.0 Å². The van der Waals surface area contributed by atoms with Crippen LogP contribution in [-0.4, -0.2) is 34.3 Å². The van der Waals surface area contributed by atoms with E-state index in [2.05, 4.69) is 10.3 Å². The predicted molar refractivity (Wildman–Crippen MR) is 78.1 cm³/mol. The molecule has 1 aromatic heterocycles. The molecule has 0 aliphatic rings. The van der Waals surface area contributed by atoms with Gasteiger partial charge in [0.2, 0.25) is 0 Å². The molecule has 1 heterocycles. The van der Waals surface area contributed by atoms with E-state index in [1.807, 2.05) is 26.0 Å². The van der Waals surface area contributed by atoms with E-state index < -0.39 is 5.97 Å². The van der Waals surface area contributed by atoms with Crippen molar-refractivity contribution in [2.24, 2.45) is 5.41 Å². The molecule has 1 aromatic carbocycles. The monoisotopic (exact) mass is 274 g/mol. The number of hydrogen-bond donors (Lipinski definition) is 3. The molecule has 0 spiro atoms. The molecule has 0 aliphatic carbocycles. The Kier molecular flexibility index (Phi) is 3.90. The number of aliphatic hydroxyl groups excluding tert-OH is 1. The van der Waals surface area contributed by atoms with Crippen LogP contribution in [0.4, 0.5) is 5.82 Å². The summed E-state index contributed by atoms with van der Waals surface area (Å²) >= 11 is 0. The third-order valence-electron chi connectivity index (χ3n) is 3.19. The number of carboxylic acids is 1. The molecule has 0 bridgehead atoms. The molecular weight excluding hydrogens is 256 g/mol. The Morgan fingerprint density at radius 1 is 1.30 bits per heavy atom. The van der Waals surface area contributed by atoms with Gasteiger partial charge < -0.3 is 15.5 Å². The number of aromatic carboxylic acids is 1. The van der Waals surface area contributed by atoms with E-state index in [0.29, 0.717) is 17.7 Å². The summed E-state index contributed by atoms with van der Waals surface area (Å²) in [5.74, 6) is -0.358. The lowest BCUT2D eigenvalue weighted by Crippen LogP contribution is -2.27. The first-order chi connectivity index (χ1) is 9.44. The minimum absolute atomic E-state index is 0.0607. The van der Waals surface area contributed by atoms with Gasteiger partial charge in [0.15, 0.2) is 0 Å². The van der Waals surface area contributed by atoms with Crippen molar-refractivity contribution in [2.75, 3.05) is 18.5 Å². The lowest BCUT2D eigenvalue weighted by molar-refractivity contribution is 0.0698. The number of fused-ring (bicyclic) bond motifs is 1. The molecule has 0 saturated heterocycles. The smallest absolute Gasteiger partial charge is 0.337 e. The van der Waals surface area contributed by atoms with E-state index >= 15 is 0 Å². The quantitative estimate of drug-likeness (QED) is 0.779. The third-order valence-corrected chi connectivity index (χ3v) is 3.19. The lowest BCUT2D eigenvalue weighted by Gasteiger charge is -2.22. The summed E-state index contributed by atoms with van der Waals surface area (Å²) in [7, 11) is 0. The summed E-state index contributed by atoms with van der Waals surface area (Å²) in [6.07, 6.45) is 1.36. The number of anilines is 1. The molecule has 5 nitrogen and oxygen atoms in total. The maximum absolute atomic E-state index is 11.2. The number of carbonyl (C=O) groups is 1. The molecule has 2 aromatic rings. The fourth-order valence-electron chi connectivity index (χ4n) is 1.88. The van der Waals surface area contributed by atoms with Gasteiger partial charge in [0.05, 0.1) is 5.56 Å². The van der Waals surface area contributed by atoms with Crippen LogP contribution in [0.15, 0.2) is 30.5 Å². The first-order valence-electron chi connectivity index (χ1n) is 6.40. The predicted octanol–water partition coefficient (Wildman–Crippen LogP) is 2.36. The second-order valence-corrected chi connectivity index (χ2v) is 5.55. The van der Waals surface area contributed by atoms with Crippen molar-refractivity contribution in [1.82, 2.24) is 4.98 Å². The minimum atomic E-state index is -0.990. The lowest BCUT2D eigenvalue weighted by atomic mass is 9.95. The highest BCUT2D eigenvalue weighted by atomic mass is 16.4. The van der Waals surface area contributed by atoms with E-state index in [1.165, 1.54) is 6.20 Å². The number of rotatable bonds is 5. The van der Waals surface area contributed by atoms with E-state index in [4.69, 9.17) is 0 Å². The van der Waals surface area contributed by atoms with Crippen molar-refractivity contribution >= 4 is 22.6 Å². The van der Waals surface area contributed by atoms with Crippen molar-refractivity contribution in [3.8, 4) is 0 Å². The number of aliphatic hydroxyl groups is 1. The highest BCUT2D eigenvalue weighted by Gasteiger charge is 2.18. The van der Waals surface area contributed by atoms with Crippen molar-refractivity contribution in [1.29, 1.82) is 0 Å². The summed E-state index contributed by atoms with van der Waals surface area (Å²) in [5, 5.41) is 23.0. The Hall–Kier alpha value is -2.14. The van der Waals surface area contributed by atoms with Crippen LogP contribution in [-0.2, 0) is 0 Å². The molecule has 0 unspecified atom stereocenters. The zero-order valence-corrected chi connectivity index (χ0v) is 11.6. The Balaban J connectivity index is 2.41. The Labute approximate surface area is 117 Å². The number of nitrogens with one attached hydrogen (secondary N) is 1.